The van der Waals surface area contributed by atoms with E-state index in [1.165, 1.54) is 24.1 Å². The molecule has 2 aromatic rings. The molecule has 2 aromatic carbocycles. The Morgan fingerprint density at radius 2 is 1.77 bits per heavy atom. The number of fused-ring (bicyclic) bond motifs is 2. The Hall–Kier alpha value is -3.93. The van der Waals surface area contributed by atoms with Crippen LogP contribution in [0.5, 0.6) is 5.75 Å². The number of anilines is 1. The predicted octanol–water partition coefficient (Wildman–Crippen LogP) is 4.79. The SMILES string of the molecule is COc1ccc(C(=O)N2CC[C@H](O)C2)cc1C(=O)N[C@H]1[C@@H](C(=O)Nc2ccc(F)c(C(F)(F)F)c2)[C@H]2CC[C@@H]1/C2=C\C1CC1. The van der Waals surface area contributed by atoms with Crippen molar-refractivity contribution in [3.63, 3.8) is 0 Å². The van der Waals surface area contributed by atoms with Crippen LogP contribution >= 0.6 is 0 Å². The van der Waals surface area contributed by atoms with Crippen LogP contribution in [0.3, 0.4) is 0 Å². The molecule has 234 valence electrons. The summed E-state index contributed by atoms with van der Waals surface area (Å²) in [5.41, 5.74) is -0.243. The van der Waals surface area contributed by atoms with Gasteiger partial charge in [-0.05, 0) is 80.3 Å². The van der Waals surface area contributed by atoms with Gasteiger partial charge in [0.2, 0.25) is 5.91 Å². The van der Waals surface area contributed by atoms with Gasteiger partial charge in [-0.3, -0.25) is 14.4 Å². The van der Waals surface area contributed by atoms with Crippen molar-refractivity contribution >= 4 is 23.4 Å². The average molecular weight is 616 g/mol. The summed E-state index contributed by atoms with van der Waals surface area (Å²) in [6.45, 7) is 0.590. The van der Waals surface area contributed by atoms with Crippen LogP contribution in [0.2, 0.25) is 0 Å². The third-order valence-corrected chi connectivity index (χ3v) is 9.23. The molecule has 3 amide bonds. The summed E-state index contributed by atoms with van der Waals surface area (Å²) in [6, 6.07) is 6.16. The fraction of sp³-hybridized carbons (Fsp3) is 0.469. The molecule has 4 aliphatic rings. The molecule has 1 heterocycles. The zero-order valence-corrected chi connectivity index (χ0v) is 24.0. The van der Waals surface area contributed by atoms with E-state index >= 15 is 0 Å². The molecule has 4 fully saturated rings. The number of carbonyl (C=O) groups is 3. The van der Waals surface area contributed by atoms with Gasteiger partial charge in [0, 0.05) is 36.3 Å². The molecule has 0 radical (unpaired) electrons. The molecule has 44 heavy (non-hydrogen) atoms. The van der Waals surface area contributed by atoms with Gasteiger partial charge < -0.3 is 25.4 Å². The molecule has 2 bridgehead atoms. The minimum absolute atomic E-state index is 0.0982. The van der Waals surface area contributed by atoms with Crippen molar-refractivity contribution in [3.8, 4) is 5.75 Å². The average Bonchev–Trinajstić information content (AvgIpc) is 3.46. The van der Waals surface area contributed by atoms with Crippen LogP contribution in [0.15, 0.2) is 48.0 Å². The molecule has 0 aromatic heterocycles. The van der Waals surface area contributed by atoms with Gasteiger partial charge >= 0.3 is 6.18 Å². The maximum absolute atomic E-state index is 13.9. The van der Waals surface area contributed by atoms with Crippen molar-refractivity contribution in [2.75, 3.05) is 25.5 Å². The van der Waals surface area contributed by atoms with Gasteiger partial charge in [0.15, 0.2) is 0 Å². The topological polar surface area (TPSA) is 108 Å². The number of halogens is 4. The second-order valence-corrected chi connectivity index (χ2v) is 12.1. The number of likely N-dealkylation sites (tertiary alicyclic amines) is 1. The summed E-state index contributed by atoms with van der Waals surface area (Å²) in [4.78, 5) is 42.1. The second kappa shape index (κ2) is 11.5. The second-order valence-electron chi connectivity index (χ2n) is 12.1. The van der Waals surface area contributed by atoms with Crippen molar-refractivity contribution in [1.82, 2.24) is 10.2 Å². The Balaban J connectivity index is 1.28. The van der Waals surface area contributed by atoms with Gasteiger partial charge in [-0.1, -0.05) is 11.6 Å². The van der Waals surface area contributed by atoms with E-state index in [1.807, 2.05) is 0 Å². The first kappa shape index (κ1) is 30.1. The number of amides is 3. The molecule has 12 heteroatoms. The first-order chi connectivity index (χ1) is 20.9. The molecule has 0 spiro atoms. The molecule has 5 atom stereocenters. The maximum atomic E-state index is 13.9. The highest BCUT2D eigenvalue weighted by Crippen LogP contribution is 2.54. The van der Waals surface area contributed by atoms with Crippen LogP contribution in [-0.2, 0) is 11.0 Å². The smallest absolute Gasteiger partial charge is 0.419 e. The normalized spacial score (nSPS) is 27.1. The molecule has 1 aliphatic heterocycles. The summed E-state index contributed by atoms with van der Waals surface area (Å²) in [7, 11) is 1.40. The molecule has 8 nitrogen and oxygen atoms in total. The number of benzene rings is 2. The van der Waals surface area contributed by atoms with E-state index < -0.39 is 47.4 Å². The van der Waals surface area contributed by atoms with E-state index in [0.29, 0.717) is 37.4 Å². The highest BCUT2D eigenvalue weighted by atomic mass is 19.4. The Morgan fingerprint density at radius 3 is 2.43 bits per heavy atom. The van der Waals surface area contributed by atoms with Crippen molar-refractivity contribution in [3.05, 3.63) is 70.6 Å². The number of hydrogen-bond donors (Lipinski definition) is 3. The minimum atomic E-state index is -4.93. The number of methoxy groups -OCH3 is 1. The minimum Gasteiger partial charge on any atom is -0.496 e. The summed E-state index contributed by atoms with van der Waals surface area (Å²) < 4.78 is 59.3. The first-order valence-electron chi connectivity index (χ1n) is 14.8. The number of aliphatic hydroxyl groups excluding tert-OH is 1. The zero-order valence-electron chi connectivity index (χ0n) is 24.0. The third kappa shape index (κ3) is 5.79. The van der Waals surface area contributed by atoms with Gasteiger partial charge in [-0.15, -0.1) is 0 Å². The van der Waals surface area contributed by atoms with Crippen LogP contribution in [0, 0.1) is 29.5 Å². The fourth-order valence-corrected chi connectivity index (χ4v) is 6.96. The van der Waals surface area contributed by atoms with E-state index in [2.05, 4.69) is 16.7 Å². The Bertz CT molecular complexity index is 1520. The van der Waals surface area contributed by atoms with E-state index in [4.69, 9.17) is 4.74 Å². The molecule has 1 saturated heterocycles. The summed E-state index contributed by atoms with van der Waals surface area (Å²) >= 11 is 0. The third-order valence-electron chi connectivity index (χ3n) is 9.23. The van der Waals surface area contributed by atoms with Gasteiger partial charge in [0.05, 0.1) is 30.3 Å². The molecule has 0 unspecified atom stereocenters. The van der Waals surface area contributed by atoms with Crippen LogP contribution in [0.4, 0.5) is 23.2 Å². The zero-order chi connectivity index (χ0) is 31.3. The molecular formula is C32H33F4N3O5. The number of rotatable bonds is 7. The van der Waals surface area contributed by atoms with Crippen molar-refractivity contribution < 1.29 is 41.8 Å². The lowest BCUT2D eigenvalue weighted by Gasteiger charge is -2.30. The standard InChI is InChI=1S/C32H33F4N3O5/c1-44-26-9-4-17(31(43)39-11-10-19(40)15-39)13-23(26)29(41)38-28-21-7-6-20(22(21)12-16-2-3-16)27(28)30(42)37-18-5-8-25(33)24(14-18)32(34,35)36/h4-5,8-9,12-14,16,19-21,27-28,40H,2-3,6-7,10-11,15H2,1H3,(H,37,42)(H,38,41)/b22-12-/t19-,20-,21+,27-,28+/m0/s1. The molecule has 6 rings (SSSR count). The number of alkyl halides is 3. The van der Waals surface area contributed by atoms with E-state index in [1.54, 1.807) is 6.07 Å². The van der Waals surface area contributed by atoms with Gasteiger partial charge in [-0.25, -0.2) is 4.39 Å². The Labute approximate surface area is 251 Å². The van der Waals surface area contributed by atoms with Gasteiger partial charge in [0.25, 0.3) is 11.8 Å². The monoisotopic (exact) mass is 615 g/mol. The van der Waals surface area contributed by atoms with E-state index in [0.717, 1.165) is 30.9 Å². The first-order valence-corrected chi connectivity index (χ1v) is 14.8. The van der Waals surface area contributed by atoms with Crippen LogP contribution in [0.25, 0.3) is 0 Å². The number of hydrogen-bond acceptors (Lipinski definition) is 5. The summed E-state index contributed by atoms with van der Waals surface area (Å²) in [5.74, 6) is -3.37. The number of allylic oxidation sites excluding steroid dienone is 1. The van der Waals surface area contributed by atoms with Gasteiger partial charge in [-0.2, -0.15) is 13.2 Å². The van der Waals surface area contributed by atoms with E-state index in [-0.39, 0.29) is 46.9 Å². The maximum Gasteiger partial charge on any atom is 0.419 e. The molecular weight excluding hydrogens is 582 g/mol. The predicted molar refractivity (Wildman–Crippen MR) is 151 cm³/mol. The highest BCUT2D eigenvalue weighted by Gasteiger charge is 2.55. The highest BCUT2D eigenvalue weighted by molar-refractivity contribution is 6.02. The lowest BCUT2D eigenvalue weighted by atomic mass is 9.83. The molecule has 3 N–H and O–H groups in total. The Kier molecular flexibility index (Phi) is 7.89. The largest absolute Gasteiger partial charge is 0.496 e. The Morgan fingerprint density at radius 1 is 1.02 bits per heavy atom. The van der Waals surface area contributed by atoms with Crippen LogP contribution in [0.1, 0.15) is 58.4 Å². The fourth-order valence-electron chi connectivity index (χ4n) is 6.96. The number of β-amino-alcohol motifs (C(OH)–C–C–N with tert-alkyl or cyclic N) is 1. The lowest BCUT2D eigenvalue weighted by Crippen LogP contribution is -2.48. The number of nitrogens with one attached hydrogen (secondary N) is 2. The van der Waals surface area contributed by atoms with Gasteiger partial charge in [0.1, 0.15) is 11.6 Å². The molecule has 3 aliphatic carbocycles. The number of aliphatic hydroxyl groups is 1. The van der Waals surface area contributed by atoms with E-state index in [9.17, 15) is 37.1 Å². The van der Waals surface area contributed by atoms with Crippen molar-refractivity contribution in [1.29, 1.82) is 0 Å². The van der Waals surface area contributed by atoms with Crippen molar-refractivity contribution in [2.45, 2.75) is 50.4 Å². The van der Waals surface area contributed by atoms with Crippen LogP contribution in [-0.4, -0.2) is 60.1 Å². The van der Waals surface area contributed by atoms with Crippen LogP contribution < -0.4 is 15.4 Å². The lowest BCUT2D eigenvalue weighted by molar-refractivity contribution is -0.140. The summed E-state index contributed by atoms with van der Waals surface area (Å²) in [6.07, 6.45) is 0.621. The molecule has 3 saturated carbocycles. The number of nitrogens with zero attached hydrogens (tertiary/aromatic N) is 1. The quantitative estimate of drug-likeness (QED) is 0.307. The summed E-state index contributed by atoms with van der Waals surface area (Å²) in [5, 5.41) is 15.4. The number of carbonyl (C=O) groups excluding carboxylic acids is 3. The number of ether oxygens (including phenoxy) is 1. The van der Waals surface area contributed by atoms with Crippen molar-refractivity contribution in [2.24, 2.45) is 23.7 Å².